The molecule has 0 saturated carbocycles. The molecule has 34 heavy (non-hydrogen) atoms. The third-order valence-corrected chi connectivity index (χ3v) is 5.36. The SMILES string of the molecule is O=C1NC(=O)N(Cc2ccccc2)C2=NC(c3ccccc3F)=NC(C(F)(F)F)(C(F)(F)F)C12. The molecule has 0 radical (unpaired) electrons. The van der Waals surface area contributed by atoms with Crippen LogP contribution in [0, 0.1) is 11.7 Å². The van der Waals surface area contributed by atoms with Crippen molar-refractivity contribution in [1.82, 2.24) is 10.2 Å². The zero-order chi connectivity index (χ0) is 24.9. The van der Waals surface area contributed by atoms with E-state index in [-0.39, 0.29) is 0 Å². The Bertz CT molecular complexity index is 1190. The van der Waals surface area contributed by atoms with Gasteiger partial charge in [0.2, 0.25) is 5.91 Å². The van der Waals surface area contributed by atoms with Crippen molar-refractivity contribution in [2.45, 2.75) is 24.4 Å². The van der Waals surface area contributed by atoms with Gasteiger partial charge in [0, 0.05) is 0 Å². The molecule has 1 atom stereocenters. The third-order valence-electron chi connectivity index (χ3n) is 5.36. The molecule has 0 bridgehead atoms. The van der Waals surface area contributed by atoms with E-state index in [4.69, 9.17) is 0 Å². The summed E-state index contributed by atoms with van der Waals surface area (Å²) in [6.07, 6.45) is -12.3. The largest absolute Gasteiger partial charge is 0.423 e. The van der Waals surface area contributed by atoms with Gasteiger partial charge in [0.1, 0.15) is 17.6 Å². The number of hydrogen-bond acceptors (Lipinski definition) is 4. The van der Waals surface area contributed by atoms with Gasteiger partial charge in [0.05, 0.1) is 12.1 Å². The molecule has 4 rings (SSSR count). The Morgan fingerprint density at radius 2 is 1.50 bits per heavy atom. The van der Waals surface area contributed by atoms with Gasteiger partial charge in [-0.15, -0.1) is 0 Å². The molecule has 3 amide bonds. The summed E-state index contributed by atoms with van der Waals surface area (Å²) in [4.78, 5) is 32.0. The fourth-order valence-electron chi connectivity index (χ4n) is 3.79. The minimum Gasteiger partial charge on any atom is -0.277 e. The first-order chi connectivity index (χ1) is 15.9. The second-order valence-electron chi connectivity index (χ2n) is 7.45. The van der Waals surface area contributed by atoms with Gasteiger partial charge < -0.3 is 0 Å². The number of halogens is 7. The lowest BCUT2D eigenvalue weighted by Crippen LogP contribution is -2.72. The second kappa shape index (κ2) is 7.92. The Hall–Kier alpha value is -3.77. The monoisotopic (exact) mass is 486 g/mol. The van der Waals surface area contributed by atoms with Crippen LogP contribution in [0.25, 0.3) is 0 Å². The van der Waals surface area contributed by atoms with Crippen LogP contribution >= 0.6 is 0 Å². The van der Waals surface area contributed by atoms with Crippen molar-refractivity contribution < 1.29 is 40.3 Å². The summed E-state index contributed by atoms with van der Waals surface area (Å²) in [6, 6.07) is 10.3. The number of carbonyl (C=O) groups is 2. The van der Waals surface area contributed by atoms with E-state index < -0.39 is 65.3 Å². The second-order valence-corrected chi connectivity index (χ2v) is 7.45. The molecule has 2 aromatic carbocycles. The molecule has 1 N–H and O–H groups in total. The quantitative estimate of drug-likeness (QED) is 0.661. The maximum absolute atomic E-state index is 14.4. The highest BCUT2D eigenvalue weighted by molar-refractivity contribution is 6.23. The van der Waals surface area contributed by atoms with Crippen LogP contribution in [0.15, 0.2) is 64.6 Å². The van der Waals surface area contributed by atoms with E-state index in [2.05, 4.69) is 9.98 Å². The van der Waals surface area contributed by atoms with Gasteiger partial charge in [-0.25, -0.2) is 19.2 Å². The van der Waals surface area contributed by atoms with Gasteiger partial charge in [-0.05, 0) is 17.7 Å². The highest BCUT2D eigenvalue weighted by Gasteiger charge is 2.79. The van der Waals surface area contributed by atoms with E-state index in [1.165, 1.54) is 29.6 Å². The minimum atomic E-state index is -6.16. The predicted octanol–water partition coefficient (Wildman–Crippen LogP) is 4.22. The Labute approximate surface area is 186 Å². The Morgan fingerprint density at radius 3 is 2.09 bits per heavy atom. The van der Waals surface area contributed by atoms with Gasteiger partial charge in [-0.2, -0.15) is 26.3 Å². The van der Waals surface area contributed by atoms with Crippen molar-refractivity contribution in [2.75, 3.05) is 0 Å². The number of hydrogen-bond donors (Lipinski definition) is 1. The Morgan fingerprint density at radius 1 is 0.912 bits per heavy atom. The van der Waals surface area contributed by atoms with Crippen LogP contribution in [-0.4, -0.2) is 46.4 Å². The standard InChI is InChI=1S/C21H13F7N4O2/c22-13-9-5-4-8-12(13)15-29-16-14(19(31-15,20(23,24)25)21(26,27)28)17(33)30-18(34)32(16)10-11-6-2-1-3-7-11/h1-9,14H,10H2,(H,30,33,34). The van der Waals surface area contributed by atoms with Crippen molar-refractivity contribution in [1.29, 1.82) is 0 Å². The summed E-state index contributed by atoms with van der Waals surface area (Å²) in [6.45, 7) is -0.508. The molecular formula is C21H13F7N4O2. The fourth-order valence-corrected chi connectivity index (χ4v) is 3.79. The number of rotatable bonds is 3. The smallest absolute Gasteiger partial charge is 0.277 e. The van der Waals surface area contributed by atoms with Crippen molar-refractivity contribution in [3.63, 3.8) is 0 Å². The highest BCUT2D eigenvalue weighted by atomic mass is 19.4. The van der Waals surface area contributed by atoms with E-state index in [0.717, 1.165) is 24.3 Å². The number of nitrogens with one attached hydrogen (secondary N) is 1. The molecular weight excluding hydrogens is 473 g/mol. The maximum Gasteiger partial charge on any atom is 0.423 e. The van der Waals surface area contributed by atoms with E-state index >= 15 is 0 Å². The molecule has 0 spiro atoms. The Balaban J connectivity index is 2.00. The number of urea groups is 1. The van der Waals surface area contributed by atoms with Crippen molar-refractivity contribution >= 4 is 23.6 Å². The van der Waals surface area contributed by atoms with Gasteiger partial charge in [-0.1, -0.05) is 42.5 Å². The summed E-state index contributed by atoms with van der Waals surface area (Å²) >= 11 is 0. The summed E-state index contributed by atoms with van der Waals surface area (Å²) in [5.41, 5.74) is -5.45. The van der Waals surface area contributed by atoms with Gasteiger partial charge >= 0.3 is 18.4 Å². The normalized spacial score (nSPS) is 20.3. The first kappa shape index (κ1) is 23.4. The first-order valence-electron chi connectivity index (χ1n) is 9.60. The molecule has 2 heterocycles. The summed E-state index contributed by atoms with van der Waals surface area (Å²) < 4.78 is 99.7. The summed E-state index contributed by atoms with van der Waals surface area (Å²) in [7, 11) is 0. The zero-order valence-electron chi connectivity index (χ0n) is 16.8. The lowest BCUT2D eigenvalue weighted by Gasteiger charge is -2.45. The van der Waals surface area contributed by atoms with E-state index in [1.54, 1.807) is 6.07 Å². The molecule has 2 aromatic rings. The highest BCUT2D eigenvalue weighted by Crippen LogP contribution is 2.53. The number of imide groups is 1. The average molecular weight is 486 g/mol. The zero-order valence-corrected chi connectivity index (χ0v) is 16.8. The molecule has 1 unspecified atom stereocenters. The number of amides is 3. The van der Waals surface area contributed by atoms with Crippen molar-refractivity contribution in [3.8, 4) is 0 Å². The first-order valence-corrected chi connectivity index (χ1v) is 9.60. The maximum atomic E-state index is 14.4. The molecule has 0 aliphatic carbocycles. The lowest BCUT2D eigenvalue weighted by molar-refractivity contribution is -0.302. The topological polar surface area (TPSA) is 74.1 Å². The average Bonchev–Trinajstić information content (AvgIpc) is 2.75. The van der Waals surface area contributed by atoms with Gasteiger partial charge in [0.15, 0.2) is 5.84 Å². The summed E-state index contributed by atoms with van der Waals surface area (Å²) in [5.74, 6) is -8.54. The lowest BCUT2D eigenvalue weighted by atomic mass is 9.78. The van der Waals surface area contributed by atoms with Crippen LogP contribution in [0.4, 0.5) is 35.5 Å². The number of alkyl halides is 6. The van der Waals surface area contributed by atoms with Crippen LogP contribution < -0.4 is 5.32 Å². The number of carbonyl (C=O) groups excluding carboxylic acids is 2. The molecule has 6 nitrogen and oxygen atoms in total. The molecule has 178 valence electrons. The van der Waals surface area contributed by atoms with Gasteiger partial charge in [-0.3, -0.25) is 15.0 Å². The van der Waals surface area contributed by atoms with Crippen LogP contribution in [-0.2, 0) is 11.3 Å². The van der Waals surface area contributed by atoms with Crippen molar-refractivity contribution in [3.05, 3.63) is 71.5 Å². The molecule has 0 aromatic heterocycles. The molecule has 2 aliphatic rings. The number of benzene rings is 2. The van der Waals surface area contributed by atoms with Crippen LogP contribution in [0.1, 0.15) is 11.1 Å². The predicted molar refractivity (Wildman–Crippen MR) is 104 cm³/mol. The van der Waals surface area contributed by atoms with Crippen LogP contribution in [0.3, 0.4) is 0 Å². The summed E-state index contributed by atoms with van der Waals surface area (Å²) in [5, 5.41) is 1.54. The fraction of sp³-hybridized carbons (Fsp3) is 0.238. The number of nitrogens with zero attached hydrogens (tertiary/aromatic N) is 3. The number of aliphatic imine (C=N–C) groups is 2. The van der Waals surface area contributed by atoms with Crippen LogP contribution in [0.5, 0.6) is 0 Å². The minimum absolute atomic E-state index is 0.327. The molecule has 2 aliphatic heterocycles. The van der Waals surface area contributed by atoms with Gasteiger partial charge in [0.25, 0.3) is 5.54 Å². The van der Waals surface area contributed by atoms with E-state index in [1.807, 2.05) is 0 Å². The van der Waals surface area contributed by atoms with Crippen molar-refractivity contribution in [2.24, 2.45) is 15.9 Å². The van der Waals surface area contributed by atoms with Crippen LogP contribution in [0.2, 0.25) is 0 Å². The molecule has 1 fully saturated rings. The number of fused-ring (bicyclic) bond motifs is 1. The molecule has 1 saturated heterocycles. The number of amidine groups is 2. The molecule has 13 heteroatoms. The Kier molecular flexibility index (Phi) is 5.45. The third kappa shape index (κ3) is 3.60. The van der Waals surface area contributed by atoms with E-state index in [0.29, 0.717) is 10.5 Å². The van der Waals surface area contributed by atoms with E-state index in [9.17, 15) is 40.3 Å².